The van der Waals surface area contributed by atoms with E-state index in [2.05, 4.69) is 24.2 Å². The van der Waals surface area contributed by atoms with Gasteiger partial charge in [-0.3, -0.25) is 0 Å². The van der Waals surface area contributed by atoms with Crippen LogP contribution in [-0.4, -0.2) is 69.2 Å². The number of hydrogen-bond acceptors (Lipinski definition) is 4. The van der Waals surface area contributed by atoms with Gasteiger partial charge in [-0.2, -0.15) is 4.31 Å². The first-order valence-electron chi connectivity index (χ1n) is 7.36. The minimum atomic E-state index is -3.10. The van der Waals surface area contributed by atoms with Crippen LogP contribution in [0.5, 0.6) is 0 Å². The van der Waals surface area contributed by atoms with Gasteiger partial charge in [0.2, 0.25) is 10.0 Å². The Kier molecular flexibility index (Phi) is 7.28. The molecule has 1 atom stereocenters. The molecule has 6 heteroatoms. The monoisotopic (exact) mass is 291 g/mol. The van der Waals surface area contributed by atoms with Crippen LogP contribution in [0.25, 0.3) is 0 Å². The topological polar surface area (TPSA) is 52.7 Å². The summed E-state index contributed by atoms with van der Waals surface area (Å²) in [5.41, 5.74) is 0. The zero-order valence-electron chi connectivity index (χ0n) is 12.6. The van der Waals surface area contributed by atoms with Gasteiger partial charge in [0.25, 0.3) is 0 Å². The first-order chi connectivity index (χ1) is 8.97. The molecule has 0 radical (unpaired) electrons. The fraction of sp³-hybridized carbons (Fsp3) is 1.00. The lowest BCUT2D eigenvalue weighted by molar-refractivity contribution is 0.290. The van der Waals surface area contributed by atoms with Crippen LogP contribution in [-0.2, 0) is 10.0 Å². The molecule has 0 aliphatic carbocycles. The molecule has 5 nitrogen and oxygen atoms in total. The summed E-state index contributed by atoms with van der Waals surface area (Å²) in [5, 5.41) is 3.25. The lowest BCUT2D eigenvalue weighted by Crippen LogP contribution is -2.43. The van der Waals surface area contributed by atoms with Crippen molar-refractivity contribution in [3.63, 3.8) is 0 Å². The largest absolute Gasteiger partial charge is 0.317 e. The molecule has 0 amide bonds. The third-order valence-electron chi connectivity index (χ3n) is 3.53. The molecule has 0 aromatic carbocycles. The van der Waals surface area contributed by atoms with Crippen molar-refractivity contribution in [3.8, 4) is 0 Å². The molecule has 1 aliphatic heterocycles. The summed E-state index contributed by atoms with van der Waals surface area (Å²) in [5.74, 6) is 0.262. The molecular weight excluding hydrogens is 262 g/mol. The molecule has 19 heavy (non-hydrogen) atoms. The Labute approximate surface area is 118 Å². The summed E-state index contributed by atoms with van der Waals surface area (Å²) in [6.45, 7) is 8.34. The van der Waals surface area contributed by atoms with Crippen molar-refractivity contribution in [2.75, 3.05) is 45.5 Å². The summed E-state index contributed by atoms with van der Waals surface area (Å²) in [6.07, 6.45) is 2.71. The molecule has 1 aliphatic rings. The highest BCUT2D eigenvalue weighted by Crippen LogP contribution is 2.14. The molecule has 1 saturated heterocycles. The third kappa shape index (κ3) is 5.77. The van der Waals surface area contributed by atoms with E-state index in [-0.39, 0.29) is 11.8 Å². The number of nitrogens with one attached hydrogen (secondary N) is 1. The van der Waals surface area contributed by atoms with Gasteiger partial charge in [0.1, 0.15) is 0 Å². The van der Waals surface area contributed by atoms with Gasteiger partial charge < -0.3 is 10.2 Å². The molecule has 114 valence electrons. The Hall–Kier alpha value is -0.170. The van der Waals surface area contributed by atoms with Crippen LogP contribution in [0.1, 0.15) is 33.1 Å². The smallest absolute Gasteiger partial charge is 0.214 e. The summed E-state index contributed by atoms with van der Waals surface area (Å²) in [6, 6.07) is 0.0844. The molecule has 1 heterocycles. The number of rotatable bonds is 7. The van der Waals surface area contributed by atoms with Gasteiger partial charge in [0.05, 0.1) is 5.75 Å². The van der Waals surface area contributed by atoms with Gasteiger partial charge in [-0.25, -0.2) is 8.42 Å². The average molecular weight is 291 g/mol. The van der Waals surface area contributed by atoms with Crippen molar-refractivity contribution in [1.82, 2.24) is 14.5 Å². The predicted molar refractivity (Wildman–Crippen MR) is 79.8 cm³/mol. The average Bonchev–Trinajstić information content (AvgIpc) is 2.50. The first-order valence-corrected chi connectivity index (χ1v) is 8.97. The maximum absolute atomic E-state index is 12.4. The molecular formula is C13H29N3O2S. The van der Waals surface area contributed by atoms with Crippen LogP contribution in [0.3, 0.4) is 0 Å². The van der Waals surface area contributed by atoms with Crippen LogP contribution < -0.4 is 5.32 Å². The second kappa shape index (κ2) is 8.19. The number of likely N-dealkylation sites (N-methyl/N-ethyl adjacent to an activating group) is 1. The first kappa shape index (κ1) is 16.9. The van der Waals surface area contributed by atoms with Gasteiger partial charge in [-0.15, -0.1) is 0 Å². The Morgan fingerprint density at radius 1 is 1.26 bits per heavy atom. The van der Waals surface area contributed by atoms with E-state index >= 15 is 0 Å². The predicted octanol–water partition coefficient (Wildman–Crippen LogP) is 0.732. The van der Waals surface area contributed by atoms with Crippen LogP contribution in [0.15, 0.2) is 0 Å². The molecule has 1 fully saturated rings. The van der Waals surface area contributed by atoms with E-state index in [9.17, 15) is 8.42 Å². The Morgan fingerprint density at radius 2 is 2.00 bits per heavy atom. The number of nitrogens with zero attached hydrogens (tertiary/aromatic N) is 2. The molecule has 0 bridgehead atoms. The van der Waals surface area contributed by atoms with Crippen LogP contribution in [0.2, 0.25) is 0 Å². The summed E-state index contributed by atoms with van der Waals surface area (Å²) in [7, 11) is -1.04. The maximum Gasteiger partial charge on any atom is 0.214 e. The van der Waals surface area contributed by atoms with Crippen molar-refractivity contribution >= 4 is 10.0 Å². The molecule has 0 aromatic heterocycles. The number of hydrogen-bond donors (Lipinski definition) is 1. The van der Waals surface area contributed by atoms with Gasteiger partial charge in [-0.1, -0.05) is 6.92 Å². The van der Waals surface area contributed by atoms with E-state index in [4.69, 9.17) is 0 Å². The van der Waals surface area contributed by atoms with Gasteiger partial charge in [-0.05, 0) is 52.9 Å². The normalized spacial score (nSPS) is 23.4. The molecule has 1 N–H and O–H groups in total. The second-order valence-corrected chi connectivity index (χ2v) is 7.54. The lowest BCUT2D eigenvalue weighted by atomic mass is 10.3. The quantitative estimate of drug-likeness (QED) is 0.703. The van der Waals surface area contributed by atoms with Crippen LogP contribution in [0, 0.1) is 0 Å². The minimum absolute atomic E-state index is 0.0844. The zero-order chi connectivity index (χ0) is 14.3. The highest BCUT2D eigenvalue weighted by molar-refractivity contribution is 7.89. The van der Waals surface area contributed by atoms with Crippen LogP contribution in [0.4, 0.5) is 0 Å². The minimum Gasteiger partial charge on any atom is -0.317 e. The van der Waals surface area contributed by atoms with Gasteiger partial charge in [0.15, 0.2) is 0 Å². The van der Waals surface area contributed by atoms with Crippen molar-refractivity contribution in [3.05, 3.63) is 0 Å². The molecule has 0 spiro atoms. The fourth-order valence-corrected chi connectivity index (χ4v) is 4.33. The Balaban J connectivity index is 2.46. The zero-order valence-corrected chi connectivity index (χ0v) is 13.4. The maximum atomic E-state index is 12.4. The van der Waals surface area contributed by atoms with E-state index in [1.807, 2.05) is 6.92 Å². The van der Waals surface area contributed by atoms with Crippen molar-refractivity contribution in [2.24, 2.45) is 0 Å². The highest BCUT2D eigenvalue weighted by atomic mass is 32.2. The Morgan fingerprint density at radius 3 is 2.68 bits per heavy atom. The SMILES string of the molecule is CCCNCCCS(=O)(=O)N1CCCN(C)CC1C. The fourth-order valence-electron chi connectivity index (χ4n) is 2.56. The van der Waals surface area contributed by atoms with E-state index in [1.54, 1.807) is 4.31 Å². The second-order valence-electron chi connectivity index (χ2n) is 5.50. The molecule has 1 unspecified atom stereocenters. The molecule has 1 rings (SSSR count). The van der Waals surface area contributed by atoms with E-state index < -0.39 is 10.0 Å². The van der Waals surface area contributed by atoms with Gasteiger partial charge in [0, 0.05) is 19.1 Å². The summed E-state index contributed by atoms with van der Waals surface area (Å²) >= 11 is 0. The third-order valence-corrected chi connectivity index (χ3v) is 5.59. The molecule has 0 aromatic rings. The van der Waals surface area contributed by atoms with E-state index in [0.29, 0.717) is 13.0 Å². The lowest BCUT2D eigenvalue weighted by Gasteiger charge is -2.27. The van der Waals surface area contributed by atoms with Gasteiger partial charge >= 0.3 is 0 Å². The van der Waals surface area contributed by atoms with Crippen LogP contribution >= 0.6 is 0 Å². The van der Waals surface area contributed by atoms with E-state index in [1.165, 1.54) is 0 Å². The molecule has 0 saturated carbocycles. The standard InChI is InChI=1S/C13H29N3O2S/c1-4-7-14-8-5-11-19(17,18)16-10-6-9-15(3)12-13(16)2/h13-14H,4-12H2,1-3H3. The Bertz CT molecular complexity index is 346. The van der Waals surface area contributed by atoms with Crippen molar-refractivity contribution in [2.45, 2.75) is 39.2 Å². The van der Waals surface area contributed by atoms with Crippen molar-refractivity contribution < 1.29 is 8.42 Å². The summed E-state index contributed by atoms with van der Waals surface area (Å²) < 4.78 is 26.4. The highest BCUT2D eigenvalue weighted by Gasteiger charge is 2.29. The summed E-state index contributed by atoms with van der Waals surface area (Å²) in [4.78, 5) is 2.21. The number of sulfonamides is 1. The van der Waals surface area contributed by atoms with Crippen molar-refractivity contribution in [1.29, 1.82) is 0 Å². The van der Waals surface area contributed by atoms with E-state index in [0.717, 1.165) is 39.0 Å².